The van der Waals surface area contributed by atoms with Crippen LogP contribution in [0.1, 0.15) is 5.56 Å². The molecule has 0 saturated heterocycles. The van der Waals surface area contributed by atoms with E-state index >= 15 is 0 Å². The van der Waals surface area contributed by atoms with Gasteiger partial charge in [0, 0.05) is 21.6 Å². The fourth-order valence-corrected chi connectivity index (χ4v) is 2.72. The van der Waals surface area contributed by atoms with Crippen molar-refractivity contribution in [2.24, 2.45) is 0 Å². The number of halogens is 1. The molecule has 0 aliphatic heterocycles. The van der Waals surface area contributed by atoms with Crippen molar-refractivity contribution >= 4 is 39.3 Å². The summed E-state index contributed by atoms with van der Waals surface area (Å²) in [6.45, 7) is 0.494. The van der Waals surface area contributed by atoms with Crippen molar-refractivity contribution in [3.63, 3.8) is 0 Å². The Bertz CT molecular complexity index is 774. The predicted octanol–water partition coefficient (Wildman–Crippen LogP) is 4.46. The maximum absolute atomic E-state index is 5.88. The van der Waals surface area contributed by atoms with Crippen LogP contribution in [0.2, 0.25) is 0 Å². The smallest absolute Gasteiger partial charge is 0.133 e. The highest BCUT2D eigenvalue weighted by Crippen LogP contribution is 2.22. The van der Waals surface area contributed by atoms with Gasteiger partial charge in [0.25, 0.3) is 0 Å². The summed E-state index contributed by atoms with van der Waals surface area (Å²) in [6.07, 6.45) is 0. The van der Waals surface area contributed by atoms with Gasteiger partial charge in [0.2, 0.25) is 0 Å². The van der Waals surface area contributed by atoms with E-state index in [1.165, 1.54) is 0 Å². The van der Waals surface area contributed by atoms with Crippen molar-refractivity contribution in [1.29, 1.82) is 0 Å². The van der Waals surface area contributed by atoms with Crippen molar-refractivity contribution in [2.75, 3.05) is 12.4 Å². The zero-order valence-electron chi connectivity index (χ0n) is 11.6. The predicted molar refractivity (Wildman–Crippen MR) is 94.8 cm³/mol. The highest BCUT2D eigenvalue weighted by Gasteiger charge is 2.06. The Hall–Kier alpha value is -1.82. The van der Waals surface area contributed by atoms with Gasteiger partial charge in [0.05, 0.1) is 5.52 Å². The summed E-state index contributed by atoms with van der Waals surface area (Å²) in [5.74, 6) is 1.73. The van der Waals surface area contributed by atoms with Gasteiger partial charge in [-0.15, -0.1) is 0 Å². The average molecular weight is 390 g/mol. The second kappa shape index (κ2) is 6.30. The number of hydrogen-bond acceptors (Lipinski definition) is 3. The third-order valence-corrected chi connectivity index (χ3v) is 3.90. The van der Waals surface area contributed by atoms with Gasteiger partial charge in [0.15, 0.2) is 0 Å². The number of pyridine rings is 1. The molecule has 1 N–H and O–H groups in total. The molecule has 4 heteroatoms. The van der Waals surface area contributed by atoms with Crippen LogP contribution in [0, 0.1) is 3.57 Å². The molecule has 1 aromatic heterocycles. The minimum atomic E-state index is 0.494. The van der Waals surface area contributed by atoms with E-state index in [4.69, 9.17) is 4.74 Å². The normalized spacial score (nSPS) is 10.6. The summed E-state index contributed by atoms with van der Waals surface area (Å²) in [5, 5.41) is 4.27. The Morgan fingerprint density at radius 3 is 2.76 bits per heavy atom. The van der Waals surface area contributed by atoms with Crippen LogP contribution < -0.4 is 10.1 Å². The molecular formula is C17H15IN2O. The third-order valence-electron chi connectivity index (χ3n) is 3.23. The quantitative estimate of drug-likeness (QED) is 0.668. The molecule has 0 fully saturated rings. The van der Waals surface area contributed by atoms with Gasteiger partial charge in [-0.2, -0.15) is 0 Å². The first-order valence-corrected chi connectivity index (χ1v) is 7.79. The molecule has 0 saturated carbocycles. The van der Waals surface area contributed by atoms with Gasteiger partial charge in [0.1, 0.15) is 18.2 Å². The Labute approximate surface area is 137 Å². The maximum atomic E-state index is 5.88. The topological polar surface area (TPSA) is 34.2 Å². The maximum Gasteiger partial charge on any atom is 0.133 e. The fraction of sp³-hybridized carbons (Fsp3) is 0.118. The van der Waals surface area contributed by atoms with E-state index < -0.39 is 0 Å². The van der Waals surface area contributed by atoms with Gasteiger partial charge in [-0.25, -0.2) is 4.98 Å². The molecule has 21 heavy (non-hydrogen) atoms. The summed E-state index contributed by atoms with van der Waals surface area (Å²) >= 11 is 2.28. The fourth-order valence-electron chi connectivity index (χ4n) is 2.20. The first kappa shape index (κ1) is 14.1. The number of nitrogens with one attached hydrogen (secondary N) is 1. The molecule has 2 aromatic carbocycles. The third kappa shape index (κ3) is 3.26. The molecule has 3 nitrogen and oxygen atoms in total. The molecule has 0 radical (unpaired) electrons. The molecular weight excluding hydrogens is 375 g/mol. The summed E-state index contributed by atoms with van der Waals surface area (Å²) < 4.78 is 7.04. The lowest BCUT2D eigenvalue weighted by Crippen LogP contribution is -2.03. The van der Waals surface area contributed by atoms with Gasteiger partial charge >= 0.3 is 0 Å². The van der Waals surface area contributed by atoms with Crippen molar-refractivity contribution < 1.29 is 4.74 Å². The second-order valence-corrected chi connectivity index (χ2v) is 5.93. The number of para-hydroxylation sites is 1. The van der Waals surface area contributed by atoms with Crippen molar-refractivity contribution in [2.45, 2.75) is 6.61 Å². The first-order chi connectivity index (χ1) is 10.3. The van der Waals surface area contributed by atoms with Gasteiger partial charge in [-0.1, -0.05) is 24.3 Å². The van der Waals surface area contributed by atoms with Crippen LogP contribution in [-0.4, -0.2) is 12.0 Å². The van der Waals surface area contributed by atoms with Gasteiger partial charge < -0.3 is 10.1 Å². The van der Waals surface area contributed by atoms with E-state index in [2.05, 4.69) is 45.0 Å². The highest BCUT2D eigenvalue weighted by atomic mass is 127. The molecule has 0 aliphatic rings. The van der Waals surface area contributed by atoms with Gasteiger partial charge in [-0.05, 0) is 52.9 Å². The first-order valence-electron chi connectivity index (χ1n) is 6.71. The zero-order chi connectivity index (χ0) is 14.7. The molecule has 0 aliphatic carbocycles. The molecule has 1 heterocycles. The van der Waals surface area contributed by atoms with Crippen LogP contribution in [0.5, 0.6) is 5.75 Å². The number of nitrogens with zero attached hydrogens (tertiary/aromatic N) is 1. The number of ether oxygens (including phenoxy) is 1. The number of fused-ring (bicyclic) bond motifs is 1. The molecule has 0 atom stereocenters. The molecule has 0 bridgehead atoms. The Balaban J connectivity index is 1.88. The standard InChI is InChI=1S/C17H15IN2O/c1-19-17-13(9-12-5-2-3-8-16(12)20-17)11-21-15-7-4-6-14(18)10-15/h2-10H,11H2,1H3,(H,19,20). The van der Waals surface area contributed by atoms with Crippen LogP contribution in [0.4, 0.5) is 5.82 Å². The lowest BCUT2D eigenvalue weighted by Gasteiger charge is -2.12. The summed E-state index contributed by atoms with van der Waals surface area (Å²) in [7, 11) is 1.88. The SMILES string of the molecule is CNc1nc2ccccc2cc1COc1cccc(I)c1. The zero-order valence-corrected chi connectivity index (χ0v) is 13.8. The number of aromatic nitrogens is 1. The van der Waals surface area contributed by atoms with E-state index in [1.807, 2.05) is 49.5 Å². The largest absolute Gasteiger partial charge is 0.489 e. The molecule has 3 rings (SSSR count). The van der Waals surface area contributed by atoms with E-state index in [0.29, 0.717) is 6.61 Å². The Morgan fingerprint density at radius 1 is 1.10 bits per heavy atom. The molecule has 3 aromatic rings. The van der Waals surface area contributed by atoms with Crippen molar-refractivity contribution in [3.05, 3.63) is 63.7 Å². The van der Waals surface area contributed by atoms with Crippen LogP contribution in [0.3, 0.4) is 0 Å². The molecule has 0 amide bonds. The van der Waals surface area contributed by atoms with Crippen LogP contribution in [-0.2, 0) is 6.61 Å². The van der Waals surface area contributed by atoms with Gasteiger partial charge in [-0.3, -0.25) is 0 Å². The van der Waals surface area contributed by atoms with E-state index in [9.17, 15) is 0 Å². The minimum absolute atomic E-state index is 0.494. The summed E-state index contributed by atoms with van der Waals surface area (Å²) in [4.78, 5) is 4.63. The van der Waals surface area contributed by atoms with E-state index in [0.717, 1.165) is 31.6 Å². The van der Waals surface area contributed by atoms with E-state index in [-0.39, 0.29) is 0 Å². The number of anilines is 1. The second-order valence-electron chi connectivity index (χ2n) is 4.68. The van der Waals surface area contributed by atoms with Crippen molar-refractivity contribution in [3.8, 4) is 5.75 Å². The van der Waals surface area contributed by atoms with Crippen LogP contribution >= 0.6 is 22.6 Å². The molecule has 106 valence electrons. The van der Waals surface area contributed by atoms with Crippen LogP contribution in [0.25, 0.3) is 10.9 Å². The molecule has 0 unspecified atom stereocenters. The average Bonchev–Trinajstić information content (AvgIpc) is 2.52. The monoisotopic (exact) mass is 390 g/mol. The Kier molecular flexibility index (Phi) is 4.24. The molecule has 0 spiro atoms. The highest BCUT2D eigenvalue weighted by molar-refractivity contribution is 14.1. The Morgan fingerprint density at radius 2 is 1.95 bits per heavy atom. The van der Waals surface area contributed by atoms with Crippen LogP contribution in [0.15, 0.2) is 54.6 Å². The lowest BCUT2D eigenvalue weighted by atomic mass is 10.1. The number of benzene rings is 2. The number of hydrogen-bond donors (Lipinski definition) is 1. The summed E-state index contributed by atoms with van der Waals surface area (Å²) in [6, 6.07) is 18.3. The lowest BCUT2D eigenvalue weighted by molar-refractivity contribution is 0.306. The summed E-state index contributed by atoms with van der Waals surface area (Å²) in [5.41, 5.74) is 2.04. The van der Waals surface area contributed by atoms with Crippen molar-refractivity contribution in [1.82, 2.24) is 4.98 Å². The number of rotatable bonds is 4. The van der Waals surface area contributed by atoms with E-state index in [1.54, 1.807) is 0 Å². The minimum Gasteiger partial charge on any atom is -0.489 e.